The normalized spacial score (nSPS) is 11.5. The van der Waals surface area contributed by atoms with E-state index in [2.05, 4.69) is 10.3 Å². The van der Waals surface area contributed by atoms with E-state index in [1.807, 2.05) is 12.1 Å². The minimum atomic E-state index is -3.76. The molecule has 2 aromatic heterocycles. The number of nitrogens with two attached hydrogens (primary N) is 1. The van der Waals surface area contributed by atoms with Gasteiger partial charge in [0, 0.05) is 30.9 Å². The number of benzene rings is 2. The molecule has 8 heteroatoms. The Morgan fingerprint density at radius 1 is 0.969 bits per heavy atom. The van der Waals surface area contributed by atoms with E-state index < -0.39 is 10.0 Å². The van der Waals surface area contributed by atoms with Gasteiger partial charge in [0.25, 0.3) is 10.0 Å². The molecule has 2 aromatic carbocycles. The van der Waals surface area contributed by atoms with Crippen LogP contribution in [0.25, 0.3) is 17.2 Å². The van der Waals surface area contributed by atoms with Crippen LogP contribution >= 0.6 is 0 Å². The number of carbonyl (C=O) groups excluding carboxylic acids is 1. The quantitative estimate of drug-likeness (QED) is 0.345. The average molecular weight is 445 g/mol. The van der Waals surface area contributed by atoms with Crippen LogP contribution < -0.4 is 11.1 Å². The fourth-order valence-corrected chi connectivity index (χ4v) is 4.28. The Hall–Kier alpha value is -4.17. The molecule has 0 aliphatic heterocycles. The van der Waals surface area contributed by atoms with Gasteiger partial charge in [0.1, 0.15) is 0 Å². The first-order valence-electron chi connectivity index (χ1n) is 9.71. The molecule has 160 valence electrons. The van der Waals surface area contributed by atoms with Crippen LogP contribution in [0.15, 0.2) is 102 Å². The lowest BCUT2D eigenvalue weighted by Gasteiger charge is -2.07. The molecule has 4 aromatic rings. The van der Waals surface area contributed by atoms with Crippen LogP contribution in [0.2, 0.25) is 0 Å². The largest absolute Gasteiger partial charge is 0.397 e. The Bertz CT molecular complexity index is 1380. The molecule has 0 aliphatic carbocycles. The molecule has 0 radical (unpaired) electrons. The number of amides is 1. The number of aromatic nitrogens is 2. The third kappa shape index (κ3) is 4.60. The predicted molar refractivity (Wildman–Crippen MR) is 125 cm³/mol. The first-order chi connectivity index (χ1) is 15.4. The molecular formula is C24H20N4O3S. The maximum absolute atomic E-state index is 12.9. The van der Waals surface area contributed by atoms with Crippen molar-refractivity contribution >= 4 is 33.4 Å². The van der Waals surface area contributed by atoms with Gasteiger partial charge < -0.3 is 11.1 Å². The van der Waals surface area contributed by atoms with E-state index in [1.54, 1.807) is 67.0 Å². The molecule has 0 spiro atoms. The van der Waals surface area contributed by atoms with Crippen LogP contribution in [-0.4, -0.2) is 23.3 Å². The predicted octanol–water partition coefficient (Wildman–Crippen LogP) is 4.02. The molecule has 0 fully saturated rings. The van der Waals surface area contributed by atoms with E-state index in [9.17, 15) is 13.2 Å². The summed E-state index contributed by atoms with van der Waals surface area (Å²) in [5.74, 6) is -0.371. The summed E-state index contributed by atoms with van der Waals surface area (Å²) in [5.41, 5.74) is 9.13. The first kappa shape index (κ1) is 21.1. The van der Waals surface area contributed by atoms with E-state index in [-0.39, 0.29) is 10.8 Å². The summed E-state index contributed by atoms with van der Waals surface area (Å²) in [7, 11) is -3.76. The van der Waals surface area contributed by atoms with Gasteiger partial charge in [-0.25, -0.2) is 12.4 Å². The summed E-state index contributed by atoms with van der Waals surface area (Å²) in [6.45, 7) is 0. The maximum Gasteiger partial charge on any atom is 0.267 e. The van der Waals surface area contributed by atoms with Gasteiger partial charge in [-0.3, -0.25) is 9.78 Å². The second-order valence-corrected chi connectivity index (χ2v) is 8.80. The lowest BCUT2D eigenvalue weighted by molar-refractivity contribution is -0.111. The second kappa shape index (κ2) is 8.91. The van der Waals surface area contributed by atoms with Crippen LogP contribution in [0.3, 0.4) is 0 Å². The lowest BCUT2D eigenvalue weighted by Crippen LogP contribution is -2.10. The third-order valence-corrected chi connectivity index (χ3v) is 6.41. The van der Waals surface area contributed by atoms with E-state index in [1.165, 1.54) is 24.5 Å². The Morgan fingerprint density at radius 2 is 1.75 bits per heavy atom. The molecule has 0 unspecified atom stereocenters. The Morgan fingerprint density at radius 3 is 2.47 bits per heavy atom. The Balaban J connectivity index is 1.48. The zero-order valence-corrected chi connectivity index (χ0v) is 17.7. The van der Waals surface area contributed by atoms with Gasteiger partial charge in [-0.05, 0) is 59.2 Å². The number of pyridine rings is 1. The lowest BCUT2D eigenvalue weighted by atomic mass is 10.1. The van der Waals surface area contributed by atoms with Crippen LogP contribution in [0, 0.1) is 0 Å². The molecule has 7 nitrogen and oxygen atoms in total. The number of anilines is 2. The smallest absolute Gasteiger partial charge is 0.267 e. The highest BCUT2D eigenvalue weighted by molar-refractivity contribution is 7.90. The summed E-state index contributed by atoms with van der Waals surface area (Å²) < 4.78 is 27.0. The third-order valence-electron chi connectivity index (χ3n) is 4.76. The van der Waals surface area contributed by atoms with E-state index in [0.29, 0.717) is 16.9 Å². The maximum atomic E-state index is 12.9. The molecule has 32 heavy (non-hydrogen) atoms. The van der Waals surface area contributed by atoms with Gasteiger partial charge in [-0.2, -0.15) is 0 Å². The molecule has 0 aliphatic rings. The number of carbonyl (C=O) groups is 1. The SMILES string of the molecule is Nc1ccccc1NC(=O)/C=C/c1ccn(S(=O)(=O)c2ccc(-c3cccnc3)cc2)c1. The van der Waals surface area contributed by atoms with E-state index in [4.69, 9.17) is 5.73 Å². The molecule has 0 atom stereocenters. The highest BCUT2D eigenvalue weighted by atomic mass is 32.2. The number of rotatable bonds is 6. The zero-order valence-electron chi connectivity index (χ0n) is 16.9. The Labute approximate surface area is 185 Å². The summed E-state index contributed by atoms with van der Waals surface area (Å²) >= 11 is 0. The van der Waals surface area contributed by atoms with Crippen LogP contribution in [-0.2, 0) is 14.8 Å². The first-order valence-corrected chi connectivity index (χ1v) is 11.1. The van der Waals surface area contributed by atoms with Crippen molar-refractivity contribution in [2.45, 2.75) is 4.90 Å². The number of nitrogen functional groups attached to an aromatic ring is 1. The fourth-order valence-electron chi connectivity index (χ4n) is 3.07. The molecule has 3 N–H and O–H groups in total. The molecule has 4 rings (SSSR count). The van der Waals surface area contributed by atoms with Crippen molar-refractivity contribution in [2.24, 2.45) is 0 Å². The molecule has 2 heterocycles. The zero-order chi connectivity index (χ0) is 22.6. The van der Waals surface area contributed by atoms with Gasteiger partial charge in [0.05, 0.1) is 16.3 Å². The summed E-state index contributed by atoms with van der Waals surface area (Å²) in [6.07, 6.45) is 9.15. The van der Waals surface area contributed by atoms with Crippen molar-refractivity contribution in [1.82, 2.24) is 8.96 Å². The number of hydrogen-bond acceptors (Lipinski definition) is 5. The number of nitrogens with zero attached hydrogens (tertiary/aromatic N) is 2. The molecule has 0 saturated heterocycles. The van der Waals surface area contributed by atoms with Gasteiger partial charge in [-0.1, -0.05) is 30.3 Å². The van der Waals surface area contributed by atoms with Crippen molar-refractivity contribution in [1.29, 1.82) is 0 Å². The van der Waals surface area contributed by atoms with E-state index in [0.717, 1.165) is 15.1 Å². The van der Waals surface area contributed by atoms with Gasteiger partial charge >= 0.3 is 0 Å². The van der Waals surface area contributed by atoms with Crippen molar-refractivity contribution in [3.63, 3.8) is 0 Å². The molecule has 1 amide bonds. The minimum Gasteiger partial charge on any atom is -0.397 e. The average Bonchev–Trinajstić information content (AvgIpc) is 3.30. The summed E-state index contributed by atoms with van der Waals surface area (Å²) in [4.78, 5) is 16.4. The summed E-state index contributed by atoms with van der Waals surface area (Å²) in [6, 6.07) is 18.9. The van der Waals surface area contributed by atoms with Gasteiger partial charge in [0.15, 0.2) is 0 Å². The Kier molecular flexibility index (Phi) is 5.87. The van der Waals surface area contributed by atoms with E-state index >= 15 is 0 Å². The number of hydrogen-bond donors (Lipinski definition) is 2. The van der Waals surface area contributed by atoms with Crippen LogP contribution in [0.4, 0.5) is 11.4 Å². The van der Waals surface area contributed by atoms with Crippen LogP contribution in [0.5, 0.6) is 0 Å². The fraction of sp³-hybridized carbons (Fsp3) is 0. The topological polar surface area (TPSA) is 107 Å². The van der Waals surface area contributed by atoms with Crippen molar-refractivity contribution in [3.8, 4) is 11.1 Å². The number of nitrogens with one attached hydrogen (secondary N) is 1. The molecular weight excluding hydrogens is 424 g/mol. The summed E-state index contributed by atoms with van der Waals surface area (Å²) in [5, 5.41) is 2.68. The molecule has 0 bridgehead atoms. The van der Waals surface area contributed by atoms with Gasteiger partial charge in [-0.15, -0.1) is 0 Å². The van der Waals surface area contributed by atoms with Crippen molar-refractivity contribution in [2.75, 3.05) is 11.1 Å². The second-order valence-electron chi connectivity index (χ2n) is 6.96. The highest BCUT2D eigenvalue weighted by Gasteiger charge is 2.16. The van der Waals surface area contributed by atoms with Crippen molar-refractivity contribution in [3.05, 3.63) is 103 Å². The van der Waals surface area contributed by atoms with Crippen LogP contribution in [0.1, 0.15) is 5.56 Å². The highest BCUT2D eigenvalue weighted by Crippen LogP contribution is 2.22. The number of para-hydroxylation sites is 2. The standard InChI is InChI=1S/C24H20N4O3S/c25-22-5-1-2-6-23(22)27-24(29)12-7-18-13-15-28(17-18)32(30,31)21-10-8-19(9-11-21)20-4-3-14-26-16-20/h1-17H,25H2,(H,27,29)/b12-7+. The van der Waals surface area contributed by atoms with Gasteiger partial charge in [0.2, 0.25) is 5.91 Å². The molecule has 0 saturated carbocycles. The van der Waals surface area contributed by atoms with Crippen molar-refractivity contribution < 1.29 is 13.2 Å². The minimum absolute atomic E-state index is 0.161. The monoisotopic (exact) mass is 444 g/mol.